The van der Waals surface area contributed by atoms with E-state index in [1.54, 1.807) is 0 Å². The molecule has 1 aromatic heterocycles. The van der Waals surface area contributed by atoms with Gasteiger partial charge in [0.1, 0.15) is 0 Å². The van der Waals surface area contributed by atoms with E-state index in [0.29, 0.717) is 5.92 Å². The van der Waals surface area contributed by atoms with Crippen LogP contribution in [0, 0.1) is 5.92 Å². The maximum atomic E-state index is 4.88. The molecule has 4 heteroatoms. The van der Waals surface area contributed by atoms with Crippen molar-refractivity contribution in [3.05, 3.63) is 10.6 Å². The van der Waals surface area contributed by atoms with Gasteiger partial charge in [-0.2, -0.15) is 0 Å². The van der Waals surface area contributed by atoms with Crippen molar-refractivity contribution < 1.29 is 0 Å². The Bertz CT molecular complexity index is 382. The van der Waals surface area contributed by atoms with E-state index in [4.69, 9.17) is 4.98 Å². The molecule has 3 nitrogen and oxygen atoms in total. The molecule has 0 bridgehead atoms. The number of anilines is 1. The lowest BCUT2D eigenvalue weighted by Crippen LogP contribution is -2.22. The van der Waals surface area contributed by atoms with Gasteiger partial charge in [-0.25, -0.2) is 4.98 Å². The zero-order chi connectivity index (χ0) is 13.1. The molecule has 1 aliphatic rings. The van der Waals surface area contributed by atoms with E-state index in [0.717, 1.165) is 25.6 Å². The van der Waals surface area contributed by atoms with Crippen LogP contribution >= 0.6 is 11.3 Å². The summed E-state index contributed by atoms with van der Waals surface area (Å²) in [7, 11) is 2.16. The smallest absolute Gasteiger partial charge is 0.185 e. The van der Waals surface area contributed by atoms with Gasteiger partial charge >= 0.3 is 0 Å². The zero-order valence-electron chi connectivity index (χ0n) is 12.0. The van der Waals surface area contributed by atoms with E-state index >= 15 is 0 Å². The van der Waals surface area contributed by atoms with Crippen LogP contribution in [0.3, 0.4) is 0 Å². The lowest BCUT2D eigenvalue weighted by atomic mass is 10.2. The van der Waals surface area contributed by atoms with Gasteiger partial charge in [-0.05, 0) is 25.3 Å². The second-order valence-corrected chi connectivity index (χ2v) is 6.70. The van der Waals surface area contributed by atoms with Gasteiger partial charge in [-0.15, -0.1) is 11.3 Å². The minimum Gasteiger partial charge on any atom is -0.351 e. The molecule has 0 aliphatic heterocycles. The number of nitrogens with one attached hydrogen (secondary N) is 1. The van der Waals surface area contributed by atoms with Gasteiger partial charge in [-0.3, -0.25) is 0 Å². The lowest BCUT2D eigenvalue weighted by Gasteiger charge is -2.17. The first-order chi connectivity index (χ1) is 8.61. The molecule has 1 saturated carbocycles. The molecule has 0 radical (unpaired) electrons. The van der Waals surface area contributed by atoms with Crippen molar-refractivity contribution in [1.82, 2.24) is 10.3 Å². The van der Waals surface area contributed by atoms with Crippen LogP contribution in [0.1, 0.15) is 50.1 Å². The molecule has 0 unspecified atom stereocenters. The fraction of sp³-hybridized carbons (Fsp3) is 0.786. The van der Waals surface area contributed by atoms with Gasteiger partial charge in [0, 0.05) is 30.9 Å². The summed E-state index contributed by atoms with van der Waals surface area (Å²) >= 11 is 1.87. The third kappa shape index (κ3) is 3.45. The van der Waals surface area contributed by atoms with Gasteiger partial charge in [-0.1, -0.05) is 20.8 Å². The number of hydrogen-bond donors (Lipinski definition) is 1. The molecule has 0 saturated heterocycles. The summed E-state index contributed by atoms with van der Waals surface area (Å²) < 4.78 is 0. The summed E-state index contributed by atoms with van der Waals surface area (Å²) in [4.78, 5) is 8.63. The quantitative estimate of drug-likeness (QED) is 0.822. The Morgan fingerprint density at radius 3 is 2.72 bits per heavy atom. The van der Waals surface area contributed by atoms with Gasteiger partial charge in [0.15, 0.2) is 5.13 Å². The van der Waals surface area contributed by atoms with Crippen molar-refractivity contribution in [3.8, 4) is 0 Å². The van der Waals surface area contributed by atoms with Crippen LogP contribution in [0.5, 0.6) is 0 Å². The molecule has 18 heavy (non-hydrogen) atoms. The Balaban J connectivity index is 2.11. The topological polar surface area (TPSA) is 28.2 Å². The van der Waals surface area contributed by atoms with E-state index in [1.165, 1.54) is 28.5 Å². The largest absolute Gasteiger partial charge is 0.351 e. The normalized spacial score (nSPS) is 15.4. The Kier molecular flexibility index (Phi) is 4.62. The first-order valence-corrected chi connectivity index (χ1v) is 7.84. The first kappa shape index (κ1) is 13.8. The molecule has 0 atom stereocenters. The highest BCUT2D eigenvalue weighted by molar-refractivity contribution is 7.15. The molecule has 0 aromatic carbocycles. The summed E-state index contributed by atoms with van der Waals surface area (Å²) in [6, 6.07) is 0. The number of thiazole rings is 1. The van der Waals surface area contributed by atoms with Crippen molar-refractivity contribution in [2.24, 2.45) is 5.92 Å². The van der Waals surface area contributed by atoms with E-state index in [9.17, 15) is 0 Å². The van der Waals surface area contributed by atoms with Gasteiger partial charge in [0.2, 0.25) is 0 Å². The lowest BCUT2D eigenvalue weighted by molar-refractivity contribution is 0.637. The predicted octanol–water partition coefficient (Wildman–Crippen LogP) is 3.22. The van der Waals surface area contributed by atoms with Gasteiger partial charge in [0.05, 0.1) is 5.69 Å². The summed E-state index contributed by atoms with van der Waals surface area (Å²) in [6.45, 7) is 9.76. The van der Waals surface area contributed by atoms with E-state index in [2.05, 4.69) is 38.0 Å². The Labute approximate surface area is 115 Å². The number of rotatable bonds is 7. The molecule has 1 heterocycles. The number of nitrogens with zero attached hydrogens (tertiary/aromatic N) is 2. The molecule has 1 fully saturated rings. The summed E-state index contributed by atoms with van der Waals surface area (Å²) in [6.07, 6.45) is 2.66. The minimum absolute atomic E-state index is 0.681. The van der Waals surface area contributed by atoms with Crippen molar-refractivity contribution in [2.75, 3.05) is 25.0 Å². The van der Waals surface area contributed by atoms with E-state index in [1.807, 2.05) is 11.3 Å². The monoisotopic (exact) mass is 267 g/mol. The van der Waals surface area contributed by atoms with Crippen LogP contribution < -0.4 is 10.2 Å². The summed E-state index contributed by atoms with van der Waals surface area (Å²) in [5, 5.41) is 4.63. The molecular weight excluding hydrogens is 242 g/mol. The Morgan fingerprint density at radius 2 is 2.17 bits per heavy atom. The highest BCUT2D eigenvalue weighted by Gasteiger charge is 2.30. The molecule has 1 N–H and O–H groups in total. The van der Waals surface area contributed by atoms with Crippen LogP contribution in [0.25, 0.3) is 0 Å². The molecular formula is C14H25N3S. The number of hydrogen-bond acceptors (Lipinski definition) is 4. The van der Waals surface area contributed by atoms with Gasteiger partial charge < -0.3 is 10.2 Å². The van der Waals surface area contributed by atoms with Crippen LogP contribution in [-0.4, -0.2) is 25.1 Å². The first-order valence-electron chi connectivity index (χ1n) is 7.03. The van der Waals surface area contributed by atoms with Crippen molar-refractivity contribution in [2.45, 2.75) is 46.1 Å². The molecule has 0 spiro atoms. The third-order valence-corrected chi connectivity index (χ3v) is 4.37. The summed E-state index contributed by atoms with van der Waals surface area (Å²) in [5.41, 5.74) is 1.37. The maximum absolute atomic E-state index is 4.88. The fourth-order valence-electron chi connectivity index (χ4n) is 2.18. The van der Waals surface area contributed by atoms with Crippen LogP contribution in [0.2, 0.25) is 0 Å². The van der Waals surface area contributed by atoms with Crippen molar-refractivity contribution in [3.63, 3.8) is 0 Å². The molecule has 2 rings (SSSR count). The standard InChI is InChI=1S/C14H25N3S/c1-5-15-8-12-13(11-6-7-11)16-14(18-12)17(4)9-10(2)3/h10-11,15H,5-9H2,1-4H3. The third-order valence-electron chi connectivity index (χ3n) is 3.18. The van der Waals surface area contributed by atoms with Crippen LogP contribution in [0.4, 0.5) is 5.13 Å². The highest BCUT2D eigenvalue weighted by atomic mass is 32.1. The maximum Gasteiger partial charge on any atom is 0.185 e. The van der Waals surface area contributed by atoms with Crippen molar-refractivity contribution in [1.29, 1.82) is 0 Å². The Morgan fingerprint density at radius 1 is 1.44 bits per heavy atom. The molecule has 102 valence electrons. The van der Waals surface area contributed by atoms with Crippen molar-refractivity contribution >= 4 is 16.5 Å². The minimum atomic E-state index is 0.681. The number of aromatic nitrogens is 1. The molecule has 1 aliphatic carbocycles. The fourth-order valence-corrected chi connectivity index (χ4v) is 3.27. The van der Waals surface area contributed by atoms with E-state index < -0.39 is 0 Å². The zero-order valence-corrected chi connectivity index (χ0v) is 12.8. The molecule has 0 amide bonds. The second-order valence-electron chi connectivity index (χ2n) is 5.63. The highest BCUT2D eigenvalue weighted by Crippen LogP contribution is 2.44. The molecule has 1 aromatic rings. The van der Waals surface area contributed by atoms with Crippen LogP contribution in [-0.2, 0) is 6.54 Å². The van der Waals surface area contributed by atoms with Crippen LogP contribution in [0.15, 0.2) is 0 Å². The summed E-state index contributed by atoms with van der Waals surface area (Å²) in [5.74, 6) is 1.43. The van der Waals surface area contributed by atoms with E-state index in [-0.39, 0.29) is 0 Å². The Hall–Kier alpha value is -0.610. The second kappa shape index (κ2) is 6.02. The average Bonchev–Trinajstić information content (AvgIpc) is 3.06. The average molecular weight is 267 g/mol. The van der Waals surface area contributed by atoms with Gasteiger partial charge in [0.25, 0.3) is 0 Å². The SMILES string of the molecule is CCNCc1sc(N(C)CC(C)C)nc1C1CC1. The predicted molar refractivity (Wildman–Crippen MR) is 79.6 cm³/mol.